The van der Waals surface area contributed by atoms with Gasteiger partial charge in [-0.1, -0.05) is 41.9 Å². The Bertz CT molecular complexity index is 919. The molecular weight excluding hydrogens is 336 g/mol. The molecule has 0 amide bonds. The molecule has 0 fully saturated rings. The number of aryl methyl sites for hydroxylation is 1. The third-order valence-corrected chi connectivity index (χ3v) is 4.06. The Morgan fingerprint density at radius 3 is 2.44 bits per heavy atom. The van der Waals surface area contributed by atoms with E-state index < -0.39 is 5.97 Å². The Morgan fingerprint density at radius 2 is 1.72 bits per heavy atom. The first-order valence-electron chi connectivity index (χ1n) is 7.86. The van der Waals surface area contributed by atoms with Gasteiger partial charge in [0.2, 0.25) is 0 Å². The van der Waals surface area contributed by atoms with Crippen molar-refractivity contribution in [3.8, 4) is 22.6 Å². The molecule has 0 aliphatic heterocycles. The Labute approximate surface area is 151 Å². The second kappa shape index (κ2) is 7.41. The van der Waals surface area contributed by atoms with Crippen LogP contribution in [0.1, 0.15) is 11.1 Å². The van der Waals surface area contributed by atoms with E-state index in [0.29, 0.717) is 22.1 Å². The van der Waals surface area contributed by atoms with Crippen LogP contribution in [-0.2, 0) is 11.2 Å². The zero-order valence-electron chi connectivity index (χ0n) is 13.7. The predicted octanol–water partition coefficient (Wildman–Crippen LogP) is 5.73. The topological polar surface area (TPSA) is 46.5 Å². The van der Waals surface area contributed by atoms with Crippen molar-refractivity contribution < 1.29 is 14.6 Å². The predicted molar refractivity (Wildman–Crippen MR) is 99.5 cm³/mol. The van der Waals surface area contributed by atoms with Crippen LogP contribution in [-0.4, -0.2) is 11.1 Å². The Balaban J connectivity index is 1.86. The zero-order chi connectivity index (χ0) is 17.8. The third kappa shape index (κ3) is 4.40. The first-order valence-corrected chi connectivity index (χ1v) is 8.24. The van der Waals surface area contributed by atoms with E-state index in [1.165, 1.54) is 0 Å². The van der Waals surface area contributed by atoms with E-state index in [4.69, 9.17) is 21.4 Å². The number of hydrogen-bond donors (Lipinski definition) is 1. The normalized spacial score (nSPS) is 10.5. The summed E-state index contributed by atoms with van der Waals surface area (Å²) in [6.45, 7) is 2.02. The molecular formula is C21H17ClO3. The number of hydrogen-bond acceptors (Lipinski definition) is 2. The molecule has 0 aliphatic carbocycles. The van der Waals surface area contributed by atoms with Gasteiger partial charge in [-0.15, -0.1) is 0 Å². The summed E-state index contributed by atoms with van der Waals surface area (Å²) in [6, 6.07) is 20.7. The number of rotatable bonds is 5. The fourth-order valence-corrected chi connectivity index (χ4v) is 2.93. The highest BCUT2D eigenvalue weighted by Crippen LogP contribution is 2.30. The summed E-state index contributed by atoms with van der Waals surface area (Å²) in [7, 11) is 0. The first kappa shape index (κ1) is 17.1. The fraction of sp³-hybridized carbons (Fsp3) is 0.0952. The number of carbonyl (C=O) groups is 1. The van der Waals surface area contributed by atoms with Gasteiger partial charge < -0.3 is 9.84 Å². The van der Waals surface area contributed by atoms with E-state index in [0.717, 1.165) is 16.7 Å². The van der Waals surface area contributed by atoms with Crippen LogP contribution in [0, 0.1) is 6.92 Å². The summed E-state index contributed by atoms with van der Waals surface area (Å²) >= 11 is 6.03. The Kier molecular flexibility index (Phi) is 5.05. The maximum absolute atomic E-state index is 10.8. The smallest absolute Gasteiger partial charge is 0.307 e. The lowest BCUT2D eigenvalue weighted by Crippen LogP contribution is -1.99. The lowest BCUT2D eigenvalue weighted by Gasteiger charge is -2.10. The van der Waals surface area contributed by atoms with Crippen molar-refractivity contribution in [3.05, 3.63) is 82.9 Å². The summed E-state index contributed by atoms with van der Waals surface area (Å²) in [5, 5.41) is 9.62. The lowest BCUT2D eigenvalue weighted by atomic mass is 10.0. The molecule has 0 aromatic heterocycles. The van der Waals surface area contributed by atoms with E-state index in [9.17, 15) is 4.79 Å². The molecule has 0 aliphatic rings. The highest BCUT2D eigenvalue weighted by molar-refractivity contribution is 6.30. The average Bonchev–Trinajstić information content (AvgIpc) is 2.55. The van der Waals surface area contributed by atoms with Crippen molar-refractivity contribution in [2.75, 3.05) is 0 Å². The van der Waals surface area contributed by atoms with Gasteiger partial charge in [0, 0.05) is 5.02 Å². The monoisotopic (exact) mass is 352 g/mol. The summed E-state index contributed by atoms with van der Waals surface area (Å²) in [6.07, 6.45) is -0.0266. The zero-order valence-corrected chi connectivity index (χ0v) is 14.5. The van der Waals surface area contributed by atoms with Crippen LogP contribution in [0.3, 0.4) is 0 Å². The maximum atomic E-state index is 10.8. The van der Waals surface area contributed by atoms with E-state index in [-0.39, 0.29) is 6.42 Å². The van der Waals surface area contributed by atoms with Gasteiger partial charge in [0.15, 0.2) is 0 Å². The quantitative estimate of drug-likeness (QED) is 0.637. The molecule has 3 aromatic rings. The van der Waals surface area contributed by atoms with Crippen LogP contribution in [0.2, 0.25) is 5.02 Å². The van der Waals surface area contributed by atoms with Crippen molar-refractivity contribution in [1.29, 1.82) is 0 Å². The van der Waals surface area contributed by atoms with Gasteiger partial charge in [-0.3, -0.25) is 4.79 Å². The number of carboxylic acids is 1. The standard InChI is InChI=1S/C21H17ClO3/c1-14-10-17(22)8-9-20(14)16-5-3-7-19(13-16)25-18-6-2-4-15(11-18)12-21(23)24/h2-11,13H,12H2,1H3,(H,23,24). The van der Waals surface area contributed by atoms with Crippen LogP contribution < -0.4 is 4.74 Å². The molecule has 0 heterocycles. The van der Waals surface area contributed by atoms with Gasteiger partial charge in [-0.2, -0.15) is 0 Å². The van der Waals surface area contributed by atoms with Gasteiger partial charge in [-0.05, 0) is 65.6 Å². The van der Waals surface area contributed by atoms with Crippen LogP contribution in [0.25, 0.3) is 11.1 Å². The molecule has 4 heteroatoms. The summed E-state index contributed by atoms with van der Waals surface area (Å²) in [4.78, 5) is 10.8. The molecule has 126 valence electrons. The number of carboxylic acid groups (broad SMARTS) is 1. The molecule has 0 unspecified atom stereocenters. The minimum atomic E-state index is -0.864. The van der Waals surface area contributed by atoms with Gasteiger partial charge in [0.1, 0.15) is 11.5 Å². The summed E-state index contributed by atoms with van der Waals surface area (Å²) in [5.41, 5.74) is 3.92. The maximum Gasteiger partial charge on any atom is 0.307 e. The molecule has 0 bridgehead atoms. The second-order valence-corrected chi connectivity index (χ2v) is 6.24. The number of halogens is 1. The third-order valence-electron chi connectivity index (χ3n) is 3.82. The van der Waals surface area contributed by atoms with E-state index >= 15 is 0 Å². The molecule has 3 aromatic carbocycles. The van der Waals surface area contributed by atoms with Crippen molar-refractivity contribution in [2.45, 2.75) is 13.3 Å². The van der Waals surface area contributed by atoms with E-state index in [1.54, 1.807) is 18.2 Å². The van der Waals surface area contributed by atoms with Crippen LogP contribution in [0.4, 0.5) is 0 Å². The summed E-state index contributed by atoms with van der Waals surface area (Å²) in [5.74, 6) is 0.445. The number of aliphatic carboxylic acids is 1. The van der Waals surface area contributed by atoms with Crippen molar-refractivity contribution >= 4 is 17.6 Å². The van der Waals surface area contributed by atoms with E-state index in [1.807, 2.05) is 55.5 Å². The van der Waals surface area contributed by atoms with Crippen LogP contribution in [0.15, 0.2) is 66.7 Å². The highest BCUT2D eigenvalue weighted by atomic mass is 35.5. The van der Waals surface area contributed by atoms with Crippen molar-refractivity contribution in [2.24, 2.45) is 0 Å². The molecule has 0 spiro atoms. The molecule has 0 saturated carbocycles. The van der Waals surface area contributed by atoms with Crippen molar-refractivity contribution in [1.82, 2.24) is 0 Å². The van der Waals surface area contributed by atoms with Gasteiger partial charge in [0.25, 0.3) is 0 Å². The summed E-state index contributed by atoms with van der Waals surface area (Å²) < 4.78 is 5.91. The first-order chi connectivity index (χ1) is 12.0. The lowest BCUT2D eigenvalue weighted by molar-refractivity contribution is -0.136. The van der Waals surface area contributed by atoms with Crippen LogP contribution in [0.5, 0.6) is 11.5 Å². The van der Waals surface area contributed by atoms with Crippen molar-refractivity contribution in [3.63, 3.8) is 0 Å². The van der Waals surface area contributed by atoms with Crippen LogP contribution >= 0.6 is 11.6 Å². The minimum Gasteiger partial charge on any atom is -0.481 e. The number of benzene rings is 3. The minimum absolute atomic E-state index is 0.0266. The molecule has 0 saturated heterocycles. The molecule has 3 rings (SSSR count). The molecule has 3 nitrogen and oxygen atoms in total. The SMILES string of the molecule is Cc1cc(Cl)ccc1-c1cccc(Oc2cccc(CC(=O)O)c2)c1. The number of ether oxygens (including phenoxy) is 1. The largest absolute Gasteiger partial charge is 0.481 e. The average molecular weight is 353 g/mol. The van der Waals surface area contributed by atoms with Gasteiger partial charge in [0.05, 0.1) is 6.42 Å². The fourth-order valence-electron chi connectivity index (χ4n) is 2.71. The Hall–Kier alpha value is -2.78. The van der Waals surface area contributed by atoms with Gasteiger partial charge in [-0.25, -0.2) is 0 Å². The second-order valence-electron chi connectivity index (χ2n) is 5.81. The molecule has 0 atom stereocenters. The van der Waals surface area contributed by atoms with E-state index in [2.05, 4.69) is 0 Å². The highest BCUT2D eigenvalue weighted by Gasteiger charge is 2.06. The molecule has 1 N–H and O–H groups in total. The van der Waals surface area contributed by atoms with Gasteiger partial charge >= 0.3 is 5.97 Å². The Morgan fingerprint density at radius 1 is 1.00 bits per heavy atom. The molecule has 25 heavy (non-hydrogen) atoms. The molecule has 0 radical (unpaired) electrons.